The van der Waals surface area contributed by atoms with E-state index in [4.69, 9.17) is 33.2 Å². The Hall–Kier alpha value is -3.91. The predicted octanol–water partition coefficient (Wildman–Crippen LogP) is 3.62. The number of carbonyl (C=O) groups is 3. The van der Waals surface area contributed by atoms with E-state index in [0.29, 0.717) is 0 Å². The van der Waals surface area contributed by atoms with Gasteiger partial charge in [0, 0.05) is 18.1 Å². The molecule has 0 unspecified atom stereocenters. The second-order valence-corrected chi connectivity index (χ2v) is 10.7. The van der Waals surface area contributed by atoms with Crippen molar-refractivity contribution in [1.29, 1.82) is 0 Å². The molecule has 1 aromatic rings. The molecule has 1 saturated heterocycles. The fraction of sp³-hybridized carbons (Fsp3) is 0.577. The fourth-order valence-electron chi connectivity index (χ4n) is 4.11. The van der Waals surface area contributed by atoms with Crippen LogP contribution in [-0.2, 0) is 33.2 Å². The van der Waals surface area contributed by atoms with Crippen LogP contribution in [0.4, 0.5) is 15.3 Å². The number of nitrogens with one attached hydrogen (secondary N) is 1. The van der Waals surface area contributed by atoms with E-state index in [1.165, 1.54) is 37.5 Å². The van der Waals surface area contributed by atoms with Crippen molar-refractivity contribution in [3.8, 4) is 5.75 Å². The molecule has 0 radical (unpaired) electrons. The molecule has 14 nitrogen and oxygen atoms in total. The zero-order valence-electron chi connectivity index (χ0n) is 23.3. The minimum atomic E-state index is -1.20. The molecule has 1 aromatic carbocycles. The third-order valence-electron chi connectivity index (χ3n) is 5.95. The zero-order chi connectivity index (χ0) is 29.8. The minimum Gasteiger partial charge on any atom is -0.479 e. The van der Waals surface area contributed by atoms with Crippen LogP contribution in [0.25, 0.3) is 0 Å². The Morgan fingerprint density at radius 1 is 1.18 bits per heavy atom. The lowest BCUT2D eigenvalue weighted by atomic mass is 9.87. The van der Waals surface area contributed by atoms with Crippen molar-refractivity contribution in [1.82, 2.24) is 5.32 Å². The van der Waals surface area contributed by atoms with Gasteiger partial charge in [-0.15, -0.1) is 0 Å². The number of nitrogens with zero attached hydrogens (tertiary/aromatic N) is 1. The first kappa shape index (κ1) is 30.6. The van der Waals surface area contributed by atoms with Gasteiger partial charge >= 0.3 is 18.2 Å². The summed E-state index contributed by atoms with van der Waals surface area (Å²) >= 11 is 0. The number of ether oxygens (including phenoxy) is 7. The van der Waals surface area contributed by atoms with Crippen LogP contribution >= 0.6 is 0 Å². The summed E-state index contributed by atoms with van der Waals surface area (Å²) in [5.41, 5.74) is -0.965. The van der Waals surface area contributed by atoms with Gasteiger partial charge in [0.05, 0.1) is 24.7 Å². The number of non-ortho nitro benzene ring substituents is 1. The van der Waals surface area contributed by atoms with Crippen LogP contribution in [0.5, 0.6) is 5.75 Å². The van der Waals surface area contributed by atoms with Gasteiger partial charge in [0.25, 0.3) is 5.69 Å². The van der Waals surface area contributed by atoms with E-state index in [0.717, 1.165) is 0 Å². The fourth-order valence-corrected chi connectivity index (χ4v) is 4.11. The van der Waals surface area contributed by atoms with Gasteiger partial charge in [-0.3, -0.25) is 10.1 Å². The third-order valence-corrected chi connectivity index (χ3v) is 5.95. The molecule has 0 aromatic heterocycles. The Balaban J connectivity index is 1.88. The molecule has 40 heavy (non-hydrogen) atoms. The molecule has 1 N–H and O–H groups in total. The quantitative estimate of drug-likeness (QED) is 0.167. The van der Waals surface area contributed by atoms with Crippen LogP contribution in [-0.4, -0.2) is 72.6 Å². The van der Waals surface area contributed by atoms with Crippen molar-refractivity contribution < 1.29 is 52.5 Å². The summed E-state index contributed by atoms with van der Waals surface area (Å²) < 4.78 is 38.6. The van der Waals surface area contributed by atoms with Crippen molar-refractivity contribution in [2.45, 2.75) is 77.3 Å². The van der Waals surface area contributed by atoms with Gasteiger partial charge in [-0.25, -0.2) is 14.4 Å². The van der Waals surface area contributed by atoms with Gasteiger partial charge < -0.3 is 38.5 Å². The molecule has 5 atom stereocenters. The van der Waals surface area contributed by atoms with E-state index in [1.807, 2.05) is 0 Å². The summed E-state index contributed by atoms with van der Waals surface area (Å²) in [5.74, 6) is -2.64. The molecule has 14 heteroatoms. The van der Waals surface area contributed by atoms with Crippen LogP contribution in [0.1, 0.15) is 41.5 Å². The number of amides is 1. The van der Waals surface area contributed by atoms with Crippen molar-refractivity contribution in [3.63, 3.8) is 0 Å². The van der Waals surface area contributed by atoms with Crippen molar-refractivity contribution in [3.05, 3.63) is 46.2 Å². The van der Waals surface area contributed by atoms with Gasteiger partial charge in [0.1, 0.15) is 23.6 Å². The number of hydrogen-bond acceptors (Lipinski definition) is 12. The van der Waals surface area contributed by atoms with E-state index >= 15 is 0 Å². The monoisotopic (exact) mass is 566 g/mol. The number of hydrogen-bond donors (Lipinski definition) is 1. The summed E-state index contributed by atoms with van der Waals surface area (Å²) in [6.07, 6.45) is -3.61. The number of nitro benzene ring substituents is 1. The molecule has 1 amide bonds. The number of nitro groups is 1. The Labute approximate surface area is 231 Å². The molecule has 2 aliphatic rings. The highest BCUT2D eigenvalue weighted by molar-refractivity contribution is 5.86. The summed E-state index contributed by atoms with van der Waals surface area (Å²) in [6, 6.07) is 4.03. The predicted molar refractivity (Wildman–Crippen MR) is 136 cm³/mol. The van der Waals surface area contributed by atoms with Crippen LogP contribution in [0.3, 0.4) is 0 Å². The molecule has 0 saturated carbocycles. The third kappa shape index (κ3) is 8.05. The second kappa shape index (κ2) is 12.1. The SMILES string of the molecule is COC(=O)C1=C[C@H](NC(=O)OC(C)(C)C)[C@@H](C)[C@H]([C@H](OC(=O)Oc2ccc([N+](=O)[O-])cc2)[C@H]2COC(C)(C)O2)O1. The van der Waals surface area contributed by atoms with Crippen molar-refractivity contribution in [2.75, 3.05) is 13.7 Å². The molecule has 0 aliphatic carbocycles. The summed E-state index contributed by atoms with van der Waals surface area (Å²) in [6.45, 7) is 10.2. The van der Waals surface area contributed by atoms with E-state index in [9.17, 15) is 24.5 Å². The Bertz CT molecular complexity index is 1140. The lowest BCUT2D eigenvalue weighted by molar-refractivity contribution is -0.384. The molecule has 0 spiro atoms. The smallest absolute Gasteiger partial charge is 0.479 e. The van der Waals surface area contributed by atoms with E-state index < -0.39 is 64.8 Å². The van der Waals surface area contributed by atoms with Gasteiger partial charge in [0.15, 0.2) is 11.9 Å². The summed E-state index contributed by atoms with van der Waals surface area (Å²) in [7, 11) is 1.17. The first-order valence-electron chi connectivity index (χ1n) is 12.5. The minimum absolute atomic E-state index is 0.00417. The Kier molecular flexibility index (Phi) is 9.25. The molecule has 220 valence electrons. The normalized spacial score (nSPS) is 24.5. The van der Waals surface area contributed by atoms with E-state index in [-0.39, 0.29) is 23.8 Å². The van der Waals surface area contributed by atoms with E-state index in [2.05, 4.69) is 5.32 Å². The van der Waals surface area contributed by atoms with E-state index in [1.54, 1.807) is 41.5 Å². The lowest BCUT2D eigenvalue weighted by Gasteiger charge is -2.40. The zero-order valence-corrected chi connectivity index (χ0v) is 23.3. The van der Waals surface area contributed by atoms with Gasteiger partial charge in [-0.2, -0.15) is 0 Å². The number of carbonyl (C=O) groups excluding carboxylic acids is 3. The summed E-state index contributed by atoms with van der Waals surface area (Å²) in [5, 5.41) is 13.6. The molecular formula is C26H34N2O12. The molecule has 0 bridgehead atoms. The van der Waals surface area contributed by atoms with Crippen molar-refractivity contribution in [2.24, 2.45) is 5.92 Å². The number of esters is 1. The van der Waals surface area contributed by atoms with Crippen molar-refractivity contribution >= 4 is 23.9 Å². The standard InChI is InChI=1S/C26H34N2O12/c1-14-17(27-23(30)40-25(2,3)4)12-18(22(29)34-7)37-20(14)21(19-13-35-26(5,6)39-19)38-24(31)36-16-10-8-15(9-11-16)28(32)33/h8-12,14,17,19-21H,13H2,1-7H3,(H,27,30)/t14-,17+,19-,20-,21-/m1/s1. The topological polar surface area (TPSA) is 171 Å². The first-order valence-corrected chi connectivity index (χ1v) is 12.5. The first-order chi connectivity index (χ1) is 18.6. The lowest BCUT2D eigenvalue weighted by Crippen LogP contribution is -2.55. The van der Waals surface area contributed by atoms with Gasteiger partial charge in [-0.05, 0) is 52.8 Å². The highest BCUT2D eigenvalue weighted by Crippen LogP contribution is 2.34. The maximum absolute atomic E-state index is 12.9. The average Bonchev–Trinajstić information content (AvgIpc) is 3.21. The molecule has 1 fully saturated rings. The number of alkyl carbamates (subject to hydrolysis) is 1. The second-order valence-electron chi connectivity index (χ2n) is 10.7. The van der Waals surface area contributed by atoms with Crippen LogP contribution in [0, 0.1) is 16.0 Å². The number of benzene rings is 1. The van der Waals surface area contributed by atoms with Crippen LogP contribution in [0.15, 0.2) is 36.1 Å². The van der Waals surface area contributed by atoms with Crippen LogP contribution < -0.4 is 10.1 Å². The largest absolute Gasteiger partial charge is 0.514 e. The Morgan fingerprint density at radius 3 is 2.35 bits per heavy atom. The maximum atomic E-state index is 12.9. The molecule has 2 heterocycles. The van der Waals surface area contributed by atoms with Crippen LogP contribution in [0.2, 0.25) is 0 Å². The highest BCUT2D eigenvalue weighted by Gasteiger charge is 2.49. The Morgan fingerprint density at radius 2 is 1.82 bits per heavy atom. The number of rotatable bonds is 7. The molecule has 3 rings (SSSR count). The maximum Gasteiger partial charge on any atom is 0.514 e. The number of methoxy groups -OCH3 is 1. The van der Waals surface area contributed by atoms with Gasteiger partial charge in [0.2, 0.25) is 5.76 Å². The molecular weight excluding hydrogens is 532 g/mol. The van der Waals surface area contributed by atoms with Gasteiger partial charge in [-0.1, -0.05) is 6.92 Å². The highest BCUT2D eigenvalue weighted by atomic mass is 16.8. The average molecular weight is 567 g/mol. The molecule has 2 aliphatic heterocycles. The summed E-state index contributed by atoms with van der Waals surface area (Å²) in [4.78, 5) is 48.2.